The van der Waals surface area contributed by atoms with E-state index in [0.29, 0.717) is 5.56 Å². The SMILES string of the molecule is CC(=O)Nc1cc(NC(=O)c2ccc(C)c([N+](=O)[O-])c2)ccc1F. The topological polar surface area (TPSA) is 101 Å². The number of hydrogen-bond donors (Lipinski definition) is 2. The van der Waals surface area contributed by atoms with Gasteiger partial charge in [-0.3, -0.25) is 19.7 Å². The molecule has 0 saturated carbocycles. The molecule has 124 valence electrons. The molecular weight excluding hydrogens is 317 g/mol. The molecule has 0 bridgehead atoms. The number of halogens is 1. The third-order valence-electron chi connectivity index (χ3n) is 3.20. The van der Waals surface area contributed by atoms with Gasteiger partial charge in [-0.25, -0.2) is 4.39 Å². The van der Waals surface area contributed by atoms with Crippen LogP contribution >= 0.6 is 0 Å². The van der Waals surface area contributed by atoms with Crippen LogP contribution in [-0.2, 0) is 4.79 Å². The Labute approximate surface area is 136 Å². The molecule has 24 heavy (non-hydrogen) atoms. The average molecular weight is 331 g/mol. The quantitative estimate of drug-likeness (QED) is 0.663. The number of nitrogens with zero attached hydrogens (tertiary/aromatic N) is 1. The fourth-order valence-electron chi connectivity index (χ4n) is 2.04. The van der Waals surface area contributed by atoms with Crippen molar-refractivity contribution in [2.75, 3.05) is 10.6 Å². The predicted octanol–water partition coefficient (Wildman–Crippen LogP) is 3.25. The predicted molar refractivity (Wildman–Crippen MR) is 86.5 cm³/mol. The number of nitro groups is 1. The minimum absolute atomic E-state index is 0.0739. The Morgan fingerprint density at radius 3 is 2.46 bits per heavy atom. The molecule has 0 aliphatic heterocycles. The molecule has 7 nitrogen and oxygen atoms in total. The van der Waals surface area contributed by atoms with Crippen LogP contribution in [0.4, 0.5) is 21.5 Å². The summed E-state index contributed by atoms with van der Waals surface area (Å²) in [6.45, 7) is 2.80. The van der Waals surface area contributed by atoms with Gasteiger partial charge in [-0.15, -0.1) is 0 Å². The van der Waals surface area contributed by atoms with Gasteiger partial charge in [0, 0.05) is 29.8 Å². The largest absolute Gasteiger partial charge is 0.324 e. The van der Waals surface area contributed by atoms with Gasteiger partial charge in [0.05, 0.1) is 10.6 Å². The van der Waals surface area contributed by atoms with Crippen LogP contribution in [0.3, 0.4) is 0 Å². The van der Waals surface area contributed by atoms with Crippen molar-refractivity contribution < 1.29 is 18.9 Å². The highest BCUT2D eigenvalue weighted by Gasteiger charge is 2.15. The smallest absolute Gasteiger partial charge is 0.273 e. The average Bonchev–Trinajstić information content (AvgIpc) is 2.50. The van der Waals surface area contributed by atoms with E-state index in [-0.39, 0.29) is 22.6 Å². The number of carbonyl (C=O) groups excluding carboxylic acids is 2. The van der Waals surface area contributed by atoms with Crippen LogP contribution in [0.25, 0.3) is 0 Å². The number of anilines is 2. The van der Waals surface area contributed by atoms with Crippen molar-refractivity contribution >= 4 is 28.9 Å². The minimum Gasteiger partial charge on any atom is -0.324 e. The van der Waals surface area contributed by atoms with Crippen molar-refractivity contribution in [2.45, 2.75) is 13.8 Å². The van der Waals surface area contributed by atoms with Crippen LogP contribution in [0.5, 0.6) is 0 Å². The zero-order valence-electron chi connectivity index (χ0n) is 12.9. The lowest BCUT2D eigenvalue weighted by Gasteiger charge is -2.09. The number of carbonyl (C=O) groups is 2. The fourth-order valence-corrected chi connectivity index (χ4v) is 2.04. The van der Waals surface area contributed by atoms with Gasteiger partial charge in [-0.1, -0.05) is 6.07 Å². The first-order valence-electron chi connectivity index (χ1n) is 6.91. The molecule has 0 aliphatic rings. The van der Waals surface area contributed by atoms with E-state index < -0.39 is 22.6 Å². The summed E-state index contributed by atoms with van der Waals surface area (Å²) in [6, 6.07) is 7.77. The van der Waals surface area contributed by atoms with Crippen LogP contribution in [0, 0.1) is 22.9 Å². The third kappa shape index (κ3) is 3.92. The van der Waals surface area contributed by atoms with Crippen molar-refractivity contribution in [3.8, 4) is 0 Å². The van der Waals surface area contributed by atoms with Gasteiger partial charge in [-0.2, -0.15) is 0 Å². The van der Waals surface area contributed by atoms with Gasteiger partial charge in [0.15, 0.2) is 0 Å². The summed E-state index contributed by atoms with van der Waals surface area (Å²) in [7, 11) is 0. The highest BCUT2D eigenvalue weighted by Crippen LogP contribution is 2.22. The van der Waals surface area contributed by atoms with E-state index in [9.17, 15) is 24.1 Å². The Balaban J connectivity index is 2.25. The molecule has 8 heteroatoms. The molecule has 0 saturated heterocycles. The van der Waals surface area contributed by atoms with Crippen molar-refractivity contribution in [3.05, 3.63) is 63.5 Å². The van der Waals surface area contributed by atoms with Crippen molar-refractivity contribution in [3.63, 3.8) is 0 Å². The first-order valence-corrected chi connectivity index (χ1v) is 6.91. The van der Waals surface area contributed by atoms with Gasteiger partial charge in [0.2, 0.25) is 5.91 Å². The summed E-state index contributed by atoms with van der Waals surface area (Å²) in [5.41, 5.74) is 0.535. The van der Waals surface area contributed by atoms with Gasteiger partial charge in [-0.05, 0) is 31.2 Å². The molecule has 0 radical (unpaired) electrons. The molecule has 0 aliphatic carbocycles. The van der Waals surface area contributed by atoms with Crippen LogP contribution in [0.1, 0.15) is 22.8 Å². The zero-order valence-corrected chi connectivity index (χ0v) is 12.9. The van der Waals surface area contributed by atoms with E-state index in [1.54, 1.807) is 6.92 Å². The molecule has 2 aromatic rings. The Kier molecular flexibility index (Phi) is 4.88. The van der Waals surface area contributed by atoms with Gasteiger partial charge >= 0.3 is 0 Å². The molecular formula is C16H14FN3O4. The number of hydrogen-bond acceptors (Lipinski definition) is 4. The van der Waals surface area contributed by atoms with Gasteiger partial charge < -0.3 is 10.6 Å². The Morgan fingerprint density at radius 1 is 1.12 bits per heavy atom. The summed E-state index contributed by atoms with van der Waals surface area (Å²) < 4.78 is 13.6. The molecule has 0 aromatic heterocycles. The van der Waals surface area contributed by atoms with E-state index in [1.807, 2.05) is 0 Å². The normalized spacial score (nSPS) is 10.1. The Hall–Kier alpha value is -3.29. The molecule has 2 rings (SSSR count). The monoisotopic (exact) mass is 331 g/mol. The number of benzene rings is 2. The van der Waals surface area contributed by atoms with E-state index in [4.69, 9.17) is 0 Å². The summed E-state index contributed by atoms with van der Waals surface area (Å²) >= 11 is 0. The lowest BCUT2D eigenvalue weighted by Crippen LogP contribution is -2.13. The van der Waals surface area contributed by atoms with E-state index >= 15 is 0 Å². The first kappa shape index (κ1) is 17.1. The summed E-state index contributed by atoms with van der Waals surface area (Å²) in [4.78, 5) is 33.6. The molecule has 0 fully saturated rings. The summed E-state index contributed by atoms with van der Waals surface area (Å²) in [5, 5.41) is 15.7. The highest BCUT2D eigenvalue weighted by atomic mass is 19.1. The van der Waals surface area contributed by atoms with Crippen LogP contribution < -0.4 is 10.6 Å². The second-order valence-corrected chi connectivity index (χ2v) is 5.09. The Morgan fingerprint density at radius 2 is 1.83 bits per heavy atom. The minimum atomic E-state index is -0.644. The summed E-state index contributed by atoms with van der Waals surface area (Å²) in [6.07, 6.45) is 0. The zero-order chi connectivity index (χ0) is 17.9. The molecule has 0 heterocycles. The standard InChI is InChI=1S/C16H14FN3O4/c1-9-3-4-11(7-15(9)20(23)24)16(22)19-12-5-6-13(17)14(8-12)18-10(2)21/h3-8H,1-2H3,(H,18,21)(H,19,22). The van der Waals surface area contributed by atoms with E-state index in [0.717, 1.165) is 6.07 Å². The lowest BCUT2D eigenvalue weighted by molar-refractivity contribution is -0.385. The molecule has 0 spiro atoms. The number of rotatable bonds is 4. The molecule has 0 atom stereocenters. The summed E-state index contributed by atoms with van der Waals surface area (Å²) in [5.74, 6) is -1.68. The second kappa shape index (κ2) is 6.86. The van der Waals surface area contributed by atoms with Crippen LogP contribution in [0.2, 0.25) is 0 Å². The van der Waals surface area contributed by atoms with E-state index in [1.165, 1.54) is 37.3 Å². The van der Waals surface area contributed by atoms with Gasteiger partial charge in [0.1, 0.15) is 5.82 Å². The van der Waals surface area contributed by atoms with E-state index in [2.05, 4.69) is 10.6 Å². The molecule has 2 amide bonds. The molecule has 2 aromatic carbocycles. The second-order valence-electron chi connectivity index (χ2n) is 5.09. The van der Waals surface area contributed by atoms with Crippen molar-refractivity contribution in [1.82, 2.24) is 0 Å². The third-order valence-corrected chi connectivity index (χ3v) is 3.20. The molecule has 2 N–H and O–H groups in total. The van der Waals surface area contributed by atoms with Crippen LogP contribution in [0.15, 0.2) is 36.4 Å². The number of nitrogens with one attached hydrogen (secondary N) is 2. The number of nitro benzene ring substituents is 1. The number of amides is 2. The maximum absolute atomic E-state index is 13.6. The van der Waals surface area contributed by atoms with Crippen LogP contribution in [-0.4, -0.2) is 16.7 Å². The fraction of sp³-hybridized carbons (Fsp3) is 0.125. The maximum Gasteiger partial charge on any atom is 0.273 e. The maximum atomic E-state index is 13.6. The van der Waals surface area contributed by atoms with Gasteiger partial charge in [0.25, 0.3) is 11.6 Å². The van der Waals surface area contributed by atoms with Crippen molar-refractivity contribution in [2.24, 2.45) is 0 Å². The molecule has 0 unspecified atom stereocenters. The lowest BCUT2D eigenvalue weighted by atomic mass is 10.1. The first-order chi connectivity index (χ1) is 11.3. The van der Waals surface area contributed by atoms with Crippen molar-refractivity contribution in [1.29, 1.82) is 0 Å². The number of aryl methyl sites for hydroxylation is 1. The Bertz CT molecular complexity index is 836. The highest BCUT2D eigenvalue weighted by molar-refractivity contribution is 6.05.